The first-order valence-electron chi connectivity index (χ1n) is 13.8. The summed E-state index contributed by atoms with van der Waals surface area (Å²) in [6, 6.07) is 10.7. The van der Waals surface area contributed by atoms with Gasteiger partial charge >= 0.3 is 0 Å². The van der Waals surface area contributed by atoms with Crippen LogP contribution in [0.2, 0.25) is 0 Å². The molecule has 0 amide bonds. The summed E-state index contributed by atoms with van der Waals surface area (Å²) in [5.41, 5.74) is 1.39. The van der Waals surface area contributed by atoms with Crippen LogP contribution in [0.25, 0.3) is 0 Å². The van der Waals surface area contributed by atoms with E-state index in [2.05, 4.69) is 61.0 Å². The predicted molar refractivity (Wildman–Crippen MR) is 145 cm³/mol. The third kappa shape index (κ3) is 18.3. The third-order valence-electron chi connectivity index (χ3n) is 6.64. The fourth-order valence-electron chi connectivity index (χ4n) is 4.61. The lowest BCUT2D eigenvalue weighted by Gasteiger charge is -2.12. The van der Waals surface area contributed by atoms with Crippen LogP contribution < -0.4 is 5.32 Å². The minimum atomic E-state index is 0.784. The Hall–Kier alpha value is -1.34. The van der Waals surface area contributed by atoms with Crippen LogP contribution in [0, 0.1) is 5.92 Å². The Balaban J connectivity index is 1.72. The highest BCUT2D eigenvalue weighted by molar-refractivity contribution is 5.14. The SMILES string of the molecule is C=CCC(CC=C)CCCCCCCCCCCCCCCCCNCc1ccccc1. The lowest BCUT2D eigenvalue weighted by molar-refractivity contribution is 0.456. The molecule has 0 fully saturated rings. The quantitative estimate of drug-likeness (QED) is 0.125. The Kier molecular flexibility index (Phi) is 20.5. The van der Waals surface area contributed by atoms with Crippen molar-refractivity contribution >= 4 is 0 Å². The summed E-state index contributed by atoms with van der Waals surface area (Å²) in [4.78, 5) is 0. The molecule has 0 aliphatic heterocycles. The Morgan fingerprint density at radius 1 is 0.594 bits per heavy atom. The van der Waals surface area contributed by atoms with E-state index < -0.39 is 0 Å². The first-order chi connectivity index (χ1) is 15.9. The van der Waals surface area contributed by atoms with Gasteiger partial charge in [0.2, 0.25) is 0 Å². The fraction of sp³-hybridized carbons (Fsp3) is 0.677. The summed E-state index contributed by atoms with van der Waals surface area (Å²) in [5, 5.41) is 3.56. The monoisotopic (exact) mass is 439 g/mol. The number of benzene rings is 1. The molecule has 0 aliphatic carbocycles. The molecule has 1 heteroatoms. The van der Waals surface area contributed by atoms with Gasteiger partial charge in [0.25, 0.3) is 0 Å². The second-order valence-electron chi connectivity index (χ2n) is 9.67. The highest BCUT2D eigenvalue weighted by atomic mass is 14.8. The molecule has 0 saturated carbocycles. The zero-order chi connectivity index (χ0) is 23.0. The van der Waals surface area contributed by atoms with Crippen molar-refractivity contribution < 1.29 is 0 Å². The normalized spacial score (nSPS) is 11.2. The van der Waals surface area contributed by atoms with Gasteiger partial charge in [-0.1, -0.05) is 132 Å². The number of allylic oxidation sites excluding steroid dienone is 2. The molecule has 0 atom stereocenters. The molecule has 1 N–H and O–H groups in total. The first kappa shape index (κ1) is 28.7. The van der Waals surface area contributed by atoms with Crippen molar-refractivity contribution in [3.05, 3.63) is 61.2 Å². The Morgan fingerprint density at radius 3 is 1.50 bits per heavy atom. The van der Waals surface area contributed by atoms with Gasteiger partial charge in [0.15, 0.2) is 0 Å². The summed E-state index contributed by atoms with van der Waals surface area (Å²) in [6.45, 7) is 9.93. The molecule has 0 saturated heterocycles. The molecular formula is C31H53N. The smallest absolute Gasteiger partial charge is 0.0205 e. The largest absolute Gasteiger partial charge is 0.313 e. The summed E-state index contributed by atoms with van der Waals surface area (Å²) < 4.78 is 0. The summed E-state index contributed by atoms with van der Waals surface area (Å²) >= 11 is 0. The third-order valence-corrected chi connectivity index (χ3v) is 6.64. The lowest BCUT2D eigenvalue weighted by atomic mass is 9.94. The summed E-state index contributed by atoms with van der Waals surface area (Å²) in [5.74, 6) is 0.784. The van der Waals surface area contributed by atoms with Crippen LogP contribution >= 0.6 is 0 Å². The molecule has 0 aromatic heterocycles. The van der Waals surface area contributed by atoms with Gasteiger partial charge in [-0.3, -0.25) is 0 Å². The van der Waals surface area contributed by atoms with Gasteiger partial charge in [-0.2, -0.15) is 0 Å². The van der Waals surface area contributed by atoms with E-state index in [0.29, 0.717) is 0 Å². The van der Waals surface area contributed by atoms with Gasteiger partial charge in [0.1, 0.15) is 0 Å². The van der Waals surface area contributed by atoms with Crippen molar-refractivity contribution in [2.75, 3.05) is 6.54 Å². The number of hydrogen-bond donors (Lipinski definition) is 1. The average Bonchev–Trinajstić information content (AvgIpc) is 2.81. The van der Waals surface area contributed by atoms with E-state index in [9.17, 15) is 0 Å². The highest BCUT2D eigenvalue weighted by Crippen LogP contribution is 2.19. The van der Waals surface area contributed by atoms with Crippen LogP contribution in [0.3, 0.4) is 0 Å². The van der Waals surface area contributed by atoms with Crippen LogP contribution in [-0.4, -0.2) is 6.54 Å². The first-order valence-corrected chi connectivity index (χ1v) is 13.8. The van der Waals surface area contributed by atoms with Crippen molar-refractivity contribution in [3.63, 3.8) is 0 Å². The number of nitrogens with one attached hydrogen (secondary N) is 1. The van der Waals surface area contributed by atoms with E-state index in [-0.39, 0.29) is 0 Å². The minimum Gasteiger partial charge on any atom is -0.313 e. The molecule has 0 heterocycles. The number of rotatable bonds is 24. The maximum atomic E-state index is 3.88. The molecule has 1 aromatic rings. The van der Waals surface area contributed by atoms with Gasteiger partial charge in [-0.25, -0.2) is 0 Å². The van der Waals surface area contributed by atoms with Crippen molar-refractivity contribution in [1.82, 2.24) is 5.32 Å². The standard InChI is InChI=1S/C31H53N/c1-3-23-30(24-4-2)25-19-16-14-12-10-8-6-5-7-9-11-13-15-17-22-28-32-29-31-26-20-18-21-27-31/h3-4,18,20-21,26-27,30,32H,1-2,5-17,19,22-25,28-29H2. The molecular weight excluding hydrogens is 386 g/mol. The van der Waals surface area contributed by atoms with Crippen LogP contribution in [0.5, 0.6) is 0 Å². The Labute approximate surface area is 201 Å². The Bertz CT molecular complexity index is 511. The van der Waals surface area contributed by atoms with Crippen molar-refractivity contribution in [2.24, 2.45) is 5.92 Å². The van der Waals surface area contributed by atoms with Crippen molar-refractivity contribution in [3.8, 4) is 0 Å². The van der Waals surface area contributed by atoms with Crippen molar-refractivity contribution in [2.45, 2.75) is 122 Å². The average molecular weight is 440 g/mol. The van der Waals surface area contributed by atoms with E-state index in [1.165, 1.54) is 108 Å². The van der Waals surface area contributed by atoms with E-state index in [0.717, 1.165) is 31.8 Å². The topological polar surface area (TPSA) is 12.0 Å². The number of unbranched alkanes of at least 4 members (excludes halogenated alkanes) is 14. The zero-order valence-corrected chi connectivity index (χ0v) is 21.2. The van der Waals surface area contributed by atoms with Crippen LogP contribution in [0.1, 0.15) is 121 Å². The van der Waals surface area contributed by atoms with Gasteiger partial charge in [0, 0.05) is 6.54 Å². The molecule has 182 valence electrons. The number of hydrogen-bond acceptors (Lipinski definition) is 1. The summed E-state index contributed by atoms with van der Waals surface area (Å²) in [6.07, 6.45) is 29.1. The van der Waals surface area contributed by atoms with Crippen LogP contribution in [0.15, 0.2) is 55.6 Å². The van der Waals surface area contributed by atoms with Gasteiger partial charge in [0.05, 0.1) is 0 Å². The predicted octanol–water partition coefficient (Wildman–Crippen LogP) is 9.79. The van der Waals surface area contributed by atoms with Gasteiger partial charge in [-0.15, -0.1) is 13.2 Å². The molecule has 32 heavy (non-hydrogen) atoms. The fourth-order valence-corrected chi connectivity index (χ4v) is 4.61. The Morgan fingerprint density at radius 2 is 1.03 bits per heavy atom. The van der Waals surface area contributed by atoms with Crippen LogP contribution in [0.4, 0.5) is 0 Å². The van der Waals surface area contributed by atoms with E-state index in [4.69, 9.17) is 0 Å². The minimum absolute atomic E-state index is 0.784. The van der Waals surface area contributed by atoms with E-state index in [1.54, 1.807) is 0 Å². The zero-order valence-electron chi connectivity index (χ0n) is 21.2. The molecule has 1 rings (SSSR count). The summed E-state index contributed by atoms with van der Waals surface area (Å²) in [7, 11) is 0. The van der Waals surface area contributed by atoms with Crippen molar-refractivity contribution in [1.29, 1.82) is 0 Å². The molecule has 0 spiro atoms. The highest BCUT2D eigenvalue weighted by Gasteiger charge is 2.04. The molecule has 0 radical (unpaired) electrons. The molecule has 0 aliphatic rings. The van der Waals surface area contributed by atoms with Gasteiger partial charge in [-0.05, 0) is 43.7 Å². The lowest BCUT2D eigenvalue weighted by Crippen LogP contribution is -2.14. The van der Waals surface area contributed by atoms with Crippen LogP contribution in [-0.2, 0) is 6.54 Å². The second kappa shape index (κ2) is 22.8. The van der Waals surface area contributed by atoms with E-state index in [1.807, 2.05) is 0 Å². The molecule has 0 bridgehead atoms. The molecule has 0 unspecified atom stereocenters. The molecule has 1 aromatic carbocycles. The maximum absolute atomic E-state index is 3.88. The van der Waals surface area contributed by atoms with E-state index >= 15 is 0 Å². The molecule has 1 nitrogen and oxygen atoms in total. The second-order valence-corrected chi connectivity index (χ2v) is 9.67. The maximum Gasteiger partial charge on any atom is 0.0205 e. The van der Waals surface area contributed by atoms with Gasteiger partial charge < -0.3 is 5.32 Å².